The van der Waals surface area contributed by atoms with Crippen LogP contribution in [0.1, 0.15) is 35.0 Å². The maximum Gasteiger partial charge on any atom is 0.191 e. The molecular weight excluding hydrogens is 509 g/mol. The van der Waals surface area contributed by atoms with Crippen LogP contribution in [0.2, 0.25) is 0 Å². The number of hydrogen-bond donors (Lipinski definition) is 2. The fourth-order valence-electron chi connectivity index (χ4n) is 2.95. The van der Waals surface area contributed by atoms with Gasteiger partial charge in [0.05, 0.1) is 10.7 Å². The van der Waals surface area contributed by atoms with Crippen LogP contribution in [0.4, 0.5) is 0 Å². The molecule has 0 atom stereocenters. The highest BCUT2D eigenvalue weighted by Gasteiger charge is 2.07. The predicted octanol–water partition coefficient (Wildman–Crippen LogP) is 4.01. The number of ether oxygens (including phenoxy) is 1. The number of rotatable bonds is 11. The zero-order valence-electron chi connectivity index (χ0n) is 18.8. The maximum atomic E-state index is 6.04. The fraction of sp³-hybridized carbons (Fsp3) is 0.545. The van der Waals surface area contributed by atoms with Gasteiger partial charge in [-0.3, -0.25) is 4.99 Å². The number of likely N-dealkylation sites (N-methyl/N-ethyl adjacent to an activating group) is 1. The Hall–Kier alpha value is -1.39. The van der Waals surface area contributed by atoms with Crippen molar-refractivity contribution in [2.45, 2.75) is 40.7 Å². The summed E-state index contributed by atoms with van der Waals surface area (Å²) in [5.41, 5.74) is 2.26. The summed E-state index contributed by atoms with van der Waals surface area (Å²) in [5, 5.41) is 7.91. The molecule has 0 saturated carbocycles. The van der Waals surface area contributed by atoms with E-state index < -0.39 is 0 Å². The lowest BCUT2D eigenvalue weighted by atomic mass is 10.2. The molecule has 0 fully saturated rings. The van der Waals surface area contributed by atoms with Crippen molar-refractivity contribution in [3.05, 3.63) is 45.4 Å². The Morgan fingerprint density at radius 2 is 1.90 bits per heavy atom. The molecular formula is C22H36IN5OS. The molecule has 0 bridgehead atoms. The number of hydrogen-bond acceptors (Lipinski definition) is 5. The van der Waals surface area contributed by atoms with E-state index in [1.807, 2.05) is 18.2 Å². The van der Waals surface area contributed by atoms with Crippen molar-refractivity contribution in [3.8, 4) is 5.75 Å². The zero-order valence-corrected chi connectivity index (χ0v) is 22.0. The van der Waals surface area contributed by atoms with Crippen LogP contribution in [0.15, 0.2) is 29.3 Å². The zero-order chi connectivity index (χ0) is 21.1. The second-order valence-corrected chi connectivity index (χ2v) is 8.12. The van der Waals surface area contributed by atoms with Gasteiger partial charge in [0.15, 0.2) is 5.96 Å². The Balaban J connectivity index is 0.00000450. The van der Waals surface area contributed by atoms with E-state index in [9.17, 15) is 0 Å². The number of para-hydroxylation sites is 1. The lowest BCUT2D eigenvalue weighted by Crippen LogP contribution is -2.38. The van der Waals surface area contributed by atoms with Crippen molar-refractivity contribution >= 4 is 41.3 Å². The molecule has 1 aromatic carbocycles. The third kappa shape index (κ3) is 8.77. The van der Waals surface area contributed by atoms with Crippen LogP contribution in [0.25, 0.3) is 0 Å². The molecule has 2 N–H and O–H groups in total. The van der Waals surface area contributed by atoms with Gasteiger partial charge in [-0.2, -0.15) is 0 Å². The topological polar surface area (TPSA) is 61.8 Å². The average Bonchev–Trinajstić information content (AvgIpc) is 3.06. The highest BCUT2D eigenvalue weighted by molar-refractivity contribution is 14.0. The molecule has 0 unspecified atom stereocenters. The van der Waals surface area contributed by atoms with Crippen LogP contribution in [0.3, 0.4) is 0 Å². The van der Waals surface area contributed by atoms with E-state index in [1.54, 1.807) is 18.4 Å². The molecule has 1 heterocycles. The highest BCUT2D eigenvalue weighted by atomic mass is 127. The first-order valence-electron chi connectivity index (χ1n) is 10.4. The van der Waals surface area contributed by atoms with Crippen LogP contribution in [-0.2, 0) is 13.0 Å². The van der Waals surface area contributed by atoms with E-state index >= 15 is 0 Å². The van der Waals surface area contributed by atoms with Gasteiger partial charge in [-0.1, -0.05) is 32.0 Å². The molecule has 0 aliphatic carbocycles. The Bertz CT molecular complexity index is 757. The summed E-state index contributed by atoms with van der Waals surface area (Å²) in [6.07, 6.45) is 0.894. The van der Waals surface area contributed by atoms with Crippen molar-refractivity contribution in [1.82, 2.24) is 20.5 Å². The summed E-state index contributed by atoms with van der Waals surface area (Å²) in [5.74, 6) is 1.71. The minimum Gasteiger partial charge on any atom is -0.492 e. The van der Waals surface area contributed by atoms with Gasteiger partial charge in [-0.15, -0.1) is 35.3 Å². The minimum atomic E-state index is 0. The summed E-state index contributed by atoms with van der Waals surface area (Å²) in [7, 11) is 1.79. The van der Waals surface area contributed by atoms with Gasteiger partial charge in [0.25, 0.3) is 0 Å². The summed E-state index contributed by atoms with van der Waals surface area (Å²) >= 11 is 1.77. The van der Waals surface area contributed by atoms with Gasteiger partial charge < -0.3 is 20.3 Å². The molecule has 0 spiro atoms. The first-order valence-corrected chi connectivity index (χ1v) is 11.2. The predicted molar refractivity (Wildman–Crippen MR) is 139 cm³/mol. The smallest absolute Gasteiger partial charge is 0.191 e. The lowest BCUT2D eigenvalue weighted by molar-refractivity contribution is 0.221. The van der Waals surface area contributed by atoms with Crippen molar-refractivity contribution in [1.29, 1.82) is 0 Å². The maximum absolute atomic E-state index is 6.04. The molecule has 8 heteroatoms. The first-order chi connectivity index (χ1) is 14.1. The molecule has 0 saturated heterocycles. The number of halogens is 1. The molecule has 0 radical (unpaired) electrons. The van der Waals surface area contributed by atoms with Gasteiger partial charge in [-0.25, -0.2) is 4.98 Å². The third-order valence-corrected chi connectivity index (χ3v) is 6.04. The van der Waals surface area contributed by atoms with Gasteiger partial charge in [-0.05, 0) is 33.0 Å². The first kappa shape index (κ1) is 26.6. The molecule has 6 nitrogen and oxygen atoms in total. The average molecular weight is 546 g/mol. The summed E-state index contributed by atoms with van der Waals surface area (Å²) in [6.45, 7) is 13.7. The number of aromatic nitrogens is 1. The standard InChI is InChI=1S/C22H35N5OS.HI/c1-6-27(7-2)14-15-28-20-11-9-8-10-19(20)16-25-22(23-5)24-13-12-21-26-17(3)18(4)29-21;/h8-11H,6-7,12-16H2,1-5H3,(H2,23,24,25);1H. The number of benzene rings is 1. The number of aliphatic imine (C=N–C) groups is 1. The fourth-order valence-corrected chi connectivity index (χ4v) is 3.88. The van der Waals surface area contributed by atoms with Crippen LogP contribution >= 0.6 is 35.3 Å². The molecule has 2 aromatic rings. The summed E-state index contributed by atoms with van der Waals surface area (Å²) in [6, 6.07) is 8.18. The molecule has 0 aliphatic rings. The molecule has 168 valence electrons. The third-order valence-electron chi connectivity index (χ3n) is 4.91. The SMILES string of the molecule is CCN(CC)CCOc1ccccc1CNC(=NC)NCCc1nc(C)c(C)s1.I. The highest BCUT2D eigenvalue weighted by Crippen LogP contribution is 2.18. The molecule has 0 amide bonds. The molecule has 0 aliphatic heterocycles. The van der Waals surface area contributed by atoms with Crippen molar-refractivity contribution in [3.63, 3.8) is 0 Å². The second-order valence-electron chi connectivity index (χ2n) is 6.83. The lowest BCUT2D eigenvalue weighted by Gasteiger charge is -2.19. The van der Waals surface area contributed by atoms with Crippen LogP contribution in [-0.4, -0.2) is 55.7 Å². The Kier molecular flexibility index (Phi) is 13.0. The number of thiazole rings is 1. The van der Waals surface area contributed by atoms with E-state index in [0.29, 0.717) is 13.2 Å². The summed E-state index contributed by atoms with van der Waals surface area (Å²) < 4.78 is 6.04. The number of aryl methyl sites for hydroxylation is 2. The Morgan fingerprint density at radius 1 is 1.17 bits per heavy atom. The van der Waals surface area contributed by atoms with Gasteiger partial charge >= 0.3 is 0 Å². The van der Waals surface area contributed by atoms with Crippen molar-refractivity contribution in [2.75, 3.05) is 39.8 Å². The van der Waals surface area contributed by atoms with Gasteiger partial charge in [0, 0.05) is 43.5 Å². The number of guanidine groups is 1. The van der Waals surface area contributed by atoms with E-state index in [0.717, 1.165) is 60.6 Å². The van der Waals surface area contributed by atoms with E-state index in [-0.39, 0.29) is 24.0 Å². The summed E-state index contributed by atoms with van der Waals surface area (Å²) in [4.78, 5) is 12.6. The number of nitrogens with one attached hydrogen (secondary N) is 2. The van der Waals surface area contributed by atoms with Crippen LogP contribution < -0.4 is 15.4 Å². The molecule has 30 heavy (non-hydrogen) atoms. The van der Waals surface area contributed by atoms with Gasteiger partial charge in [0.2, 0.25) is 0 Å². The van der Waals surface area contributed by atoms with Crippen LogP contribution in [0, 0.1) is 13.8 Å². The molecule has 1 aromatic heterocycles. The normalized spacial score (nSPS) is 11.3. The van der Waals surface area contributed by atoms with Crippen LogP contribution in [0.5, 0.6) is 5.75 Å². The monoisotopic (exact) mass is 545 g/mol. The molecule has 2 rings (SSSR count). The Morgan fingerprint density at radius 3 is 2.53 bits per heavy atom. The van der Waals surface area contributed by atoms with E-state index in [4.69, 9.17) is 4.74 Å². The van der Waals surface area contributed by atoms with Crippen molar-refractivity contribution in [2.24, 2.45) is 4.99 Å². The Labute approximate surface area is 202 Å². The second kappa shape index (κ2) is 14.6. The van der Waals surface area contributed by atoms with Crippen molar-refractivity contribution < 1.29 is 4.74 Å². The minimum absolute atomic E-state index is 0. The van der Waals surface area contributed by atoms with Gasteiger partial charge in [0.1, 0.15) is 12.4 Å². The number of nitrogens with zero attached hydrogens (tertiary/aromatic N) is 3. The quantitative estimate of drug-likeness (QED) is 0.254. The van der Waals surface area contributed by atoms with E-state index in [2.05, 4.69) is 59.3 Å². The van der Waals surface area contributed by atoms with E-state index in [1.165, 1.54) is 4.88 Å². The largest absolute Gasteiger partial charge is 0.492 e.